The molecular weight excluding hydrogens is 255 g/mol. The summed E-state index contributed by atoms with van der Waals surface area (Å²) in [6.07, 6.45) is 8.62. The average Bonchev–Trinajstić information content (AvgIpc) is 2.42. The predicted molar refractivity (Wildman–Crippen MR) is 84.7 cm³/mol. The standard InChI is InChI=1S/C15H29N2OP/c1-6-16(7-2)19(18,17(8-3)9-4)15-12-10-14(5)11-13-15/h10-15H,6-9H2,1-5H3. The van der Waals surface area contributed by atoms with Gasteiger partial charge in [-0.05, 0) is 5.92 Å². The molecule has 0 bridgehead atoms. The lowest BCUT2D eigenvalue weighted by molar-refractivity contribution is 0.357. The van der Waals surface area contributed by atoms with Crippen LogP contribution >= 0.6 is 7.44 Å². The Labute approximate surface area is 118 Å². The van der Waals surface area contributed by atoms with Gasteiger partial charge in [0, 0.05) is 26.2 Å². The third-order valence-electron chi connectivity index (χ3n) is 3.88. The maximum atomic E-state index is 13.7. The van der Waals surface area contributed by atoms with Crippen LogP contribution in [0.15, 0.2) is 24.3 Å². The molecule has 1 aliphatic carbocycles. The molecule has 0 aliphatic heterocycles. The largest absolute Gasteiger partial charge is 0.288 e. The lowest BCUT2D eigenvalue weighted by Crippen LogP contribution is -2.36. The van der Waals surface area contributed by atoms with Gasteiger partial charge < -0.3 is 0 Å². The summed E-state index contributed by atoms with van der Waals surface area (Å²) in [4.78, 5) is 0. The van der Waals surface area contributed by atoms with Crippen molar-refractivity contribution in [2.45, 2.75) is 40.3 Å². The number of nitrogens with zero attached hydrogens (tertiary/aromatic N) is 2. The average molecular weight is 284 g/mol. The summed E-state index contributed by atoms with van der Waals surface area (Å²) in [5.74, 6) is 0.457. The smallest absolute Gasteiger partial charge is 0.226 e. The highest BCUT2D eigenvalue weighted by atomic mass is 31.2. The zero-order chi connectivity index (χ0) is 14.5. The van der Waals surface area contributed by atoms with Crippen molar-refractivity contribution < 1.29 is 4.57 Å². The molecule has 3 nitrogen and oxygen atoms in total. The van der Waals surface area contributed by atoms with E-state index in [1.807, 2.05) is 0 Å². The van der Waals surface area contributed by atoms with Crippen molar-refractivity contribution in [3.8, 4) is 0 Å². The highest BCUT2D eigenvalue weighted by molar-refractivity contribution is 7.60. The van der Waals surface area contributed by atoms with Crippen LogP contribution in [0.25, 0.3) is 0 Å². The topological polar surface area (TPSA) is 23.6 Å². The van der Waals surface area contributed by atoms with E-state index in [0.29, 0.717) is 5.92 Å². The van der Waals surface area contributed by atoms with Crippen molar-refractivity contribution in [1.29, 1.82) is 0 Å². The highest BCUT2D eigenvalue weighted by Crippen LogP contribution is 2.58. The number of rotatable bonds is 7. The molecule has 0 unspecified atom stereocenters. The van der Waals surface area contributed by atoms with E-state index < -0.39 is 7.44 Å². The van der Waals surface area contributed by atoms with Crippen molar-refractivity contribution in [2.24, 2.45) is 5.92 Å². The van der Waals surface area contributed by atoms with Crippen LogP contribution < -0.4 is 0 Å². The fourth-order valence-electron chi connectivity index (χ4n) is 2.74. The molecule has 1 rings (SSSR count). The fourth-order valence-corrected chi connectivity index (χ4v) is 6.12. The summed E-state index contributed by atoms with van der Waals surface area (Å²) in [6, 6.07) is 0. The summed E-state index contributed by atoms with van der Waals surface area (Å²) in [5.41, 5.74) is 0.0310. The van der Waals surface area contributed by atoms with Crippen molar-refractivity contribution in [2.75, 3.05) is 26.2 Å². The van der Waals surface area contributed by atoms with Crippen molar-refractivity contribution in [3.63, 3.8) is 0 Å². The second-order valence-electron chi connectivity index (χ2n) is 4.99. The SMILES string of the molecule is CCN(CC)P(=O)(C1C=CC(C)C=C1)N(CC)CC. The van der Waals surface area contributed by atoms with Gasteiger partial charge in [0.25, 0.3) is 0 Å². The van der Waals surface area contributed by atoms with Gasteiger partial charge in [-0.2, -0.15) is 0 Å². The second-order valence-corrected chi connectivity index (χ2v) is 7.89. The Morgan fingerprint density at radius 1 is 0.842 bits per heavy atom. The van der Waals surface area contributed by atoms with Crippen LogP contribution in [0.4, 0.5) is 0 Å². The van der Waals surface area contributed by atoms with Crippen LogP contribution in [0.5, 0.6) is 0 Å². The van der Waals surface area contributed by atoms with Crippen molar-refractivity contribution in [1.82, 2.24) is 9.34 Å². The van der Waals surface area contributed by atoms with E-state index in [2.05, 4.69) is 68.3 Å². The van der Waals surface area contributed by atoms with Gasteiger partial charge in [0.2, 0.25) is 7.44 Å². The molecule has 0 aromatic rings. The van der Waals surface area contributed by atoms with E-state index in [9.17, 15) is 4.57 Å². The molecule has 0 amide bonds. The van der Waals surface area contributed by atoms with Gasteiger partial charge in [0.15, 0.2) is 0 Å². The van der Waals surface area contributed by atoms with Crippen LogP contribution in [0, 0.1) is 5.92 Å². The summed E-state index contributed by atoms with van der Waals surface area (Å²) in [6.45, 7) is 13.9. The Morgan fingerprint density at radius 3 is 1.53 bits per heavy atom. The monoisotopic (exact) mass is 284 g/mol. The van der Waals surface area contributed by atoms with Crippen LogP contribution in [0.1, 0.15) is 34.6 Å². The van der Waals surface area contributed by atoms with E-state index in [4.69, 9.17) is 0 Å². The van der Waals surface area contributed by atoms with Gasteiger partial charge in [-0.15, -0.1) is 0 Å². The summed E-state index contributed by atoms with van der Waals surface area (Å²) < 4.78 is 18.0. The van der Waals surface area contributed by atoms with Gasteiger partial charge in [-0.25, -0.2) is 9.34 Å². The molecule has 110 valence electrons. The Kier molecular flexibility index (Phi) is 6.52. The molecule has 0 N–H and O–H groups in total. The van der Waals surface area contributed by atoms with Gasteiger partial charge in [0.05, 0.1) is 5.66 Å². The van der Waals surface area contributed by atoms with E-state index in [1.165, 1.54) is 0 Å². The van der Waals surface area contributed by atoms with E-state index in [0.717, 1.165) is 26.2 Å². The molecule has 0 saturated heterocycles. The summed E-state index contributed by atoms with van der Waals surface area (Å²) in [7, 11) is -2.55. The first-order valence-electron chi connectivity index (χ1n) is 7.51. The molecule has 0 heterocycles. The van der Waals surface area contributed by atoms with Crippen LogP contribution in [-0.2, 0) is 4.57 Å². The predicted octanol–water partition coefficient (Wildman–Crippen LogP) is 3.99. The lowest BCUT2D eigenvalue weighted by atomic mass is 10.1. The molecule has 4 heteroatoms. The second kappa shape index (κ2) is 7.42. The third kappa shape index (κ3) is 3.39. The number of allylic oxidation sites excluding steroid dienone is 4. The molecule has 0 saturated carbocycles. The van der Waals surface area contributed by atoms with Crippen LogP contribution in [-0.4, -0.2) is 41.2 Å². The molecule has 0 spiro atoms. The highest BCUT2D eigenvalue weighted by Gasteiger charge is 2.39. The third-order valence-corrected chi connectivity index (χ3v) is 7.76. The van der Waals surface area contributed by atoms with E-state index in [-0.39, 0.29) is 5.66 Å². The minimum absolute atomic E-state index is 0.0310. The van der Waals surface area contributed by atoms with Crippen molar-refractivity contribution >= 4 is 7.44 Å². The minimum atomic E-state index is -2.55. The Bertz CT molecular complexity index is 340. The first-order chi connectivity index (χ1) is 9.04. The van der Waals surface area contributed by atoms with Crippen molar-refractivity contribution in [3.05, 3.63) is 24.3 Å². The molecular formula is C15H29N2OP. The Hall–Kier alpha value is -0.370. The molecule has 0 aromatic carbocycles. The molecule has 1 aliphatic rings. The Balaban J connectivity index is 3.15. The minimum Gasteiger partial charge on any atom is -0.288 e. The maximum absolute atomic E-state index is 13.7. The van der Waals surface area contributed by atoms with E-state index in [1.54, 1.807) is 0 Å². The lowest BCUT2D eigenvalue weighted by Gasteiger charge is -2.41. The molecule has 0 atom stereocenters. The maximum Gasteiger partial charge on any atom is 0.226 e. The molecule has 19 heavy (non-hydrogen) atoms. The zero-order valence-electron chi connectivity index (χ0n) is 13.0. The molecule has 0 fully saturated rings. The van der Waals surface area contributed by atoms with Gasteiger partial charge in [-0.3, -0.25) is 4.57 Å². The van der Waals surface area contributed by atoms with E-state index >= 15 is 0 Å². The fraction of sp³-hybridized carbons (Fsp3) is 0.733. The van der Waals surface area contributed by atoms with Crippen LogP contribution in [0.2, 0.25) is 0 Å². The normalized spacial score (nSPS) is 23.5. The molecule has 0 radical (unpaired) electrons. The first kappa shape index (κ1) is 16.7. The Morgan fingerprint density at radius 2 is 1.21 bits per heavy atom. The first-order valence-corrected chi connectivity index (χ1v) is 9.19. The van der Waals surface area contributed by atoms with Crippen LogP contribution in [0.3, 0.4) is 0 Å². The number of hydrogen-bond acceptors (Lipinski definition) is 1. The summed E-state index contributed by atoms with van der Waals surface area (Å²) >= 11 is 0. The quantitative estimate of drug-likeness (QED) is 0.521. The van der Waals surface area contributed by atoms with Gasteiger partial charge >= 0.3 is 0 Å². The van der Waals surface area contributed by atoms with Gasteiger partial charge in [0.1, 0.15) is 0 Å². The summed E-state index contributed by atoms with van der Waals surface area (Å²) in [5, 5.41) is 0. The number of hydrogen-bond donors (Lipinski definition) is 0. The molecule has 0 aromatic heterocycles. The zero-order valence-corrected chi connectivity index (χ0v) is 13.9. The van der Waals surface area contributed by atoms with Gasteiger partial charge in [-0.1, -0.05) is 58.9 Å².